The lowest BCUT2D eigenvalue weighted by molar-refractivity contribution is -0.660. The van der Waals surface area contributed by atoms with Crippen molar-refractivity contribution < 1.29 is 23.8 Å². The van der Waals surface area contributed by atoms with E-state index in [-0.39, 0.29) is 21.7 Å². The third kappa shape index (κ3) is 11.0. The van der Waals surface area contributed by atoms with Crippen molar-refractivity contribution in [3.05, 3.63) is 309 Å². The van der Waals surface area contributed by atoms with Crippen molar-refractivity contribution in [1.29, 1.82) is 0 Å². The molecule has 16 rings (SSSR count). The summed E-state index contributed by atoms with van der Waals surface area (Å²) in [6, 6.07) is 70.9. The molecular formula is C92H96N4+4. The summed E-state index contributed by atoms with van der Waals surface area (Å²) in [6.45, 7) is 30.7. The van der Waals surface area contributed by atoms with Gasteiger partial charge in [0.2, 0.25) is 22.8 Å². The summed E-state index contributed by atoms with van der Waals surface area (Å²) in [5.41, 5.74) is 37.1. The van der Waals surface area contributed by atoms with Gasteiger partial charge in [0.25, 0.3) is 0 Å². The van der Waals surface area contributed by atoms with E-state index in [0.717, 1.165) is 51.3 Å². The monoisotopic (exact) mass is 1260 g/mol. The summed E-state index contributed by atoms with van der Waals surface area (Å²) < 4.78 is 42.3. The predicted octanol–water partition coefficient (Wildman–Crippen LogP) is 20.3. The van der Waals surface area contributed by atoms with Crippen LogP contribution in [0.3, 0.4) is 0 Å². The van der Waals surface area contributed by atoms with E-state index in [1.54, 1.807) is 6.92 Å². The van der Waals surface area contributed by atoms with Crippen LogP contribution in [-0.2, 0) is 62.6 Å². The van der Waals surface area contributed by atoms with Crippen LogP contribution < -0.4 is 18.3 Å². The van der Waals surface area contributed by atoms with Gasteiger partial charge in [0, 0.05) is 94.7 Å². The molecule has 4 heteroatoms. The van der Waals surface area contributed by atoms with Crippen LogP contribution in [0.5, 0.6) is 0 Å². The fourth-order valence-corrected chi connectivity index (χ4v) is 16.0. The van der Waals surface area contributed by atoms with Gasteiger partial charge in [-0.1, -0.05) is 191 Å². The van der Waals surface area contributed by atoms with Crippen molar-refractivity contribution in [1.82, 2.24) is 0 Å². The maximum atomic E-state index is 9.00. The second-order valence-electron chi connectivity index (χ2n) is 29.3. The molecule has 8 aromatic carbocycles. The second-order valence-corrected chi connectivity index (χ2v) is 29.3. The lowest BCUT2D eigenvalue weighted by atomic mass is 9.81. The third-order valence-corrected chi connectivity index (χ3v) is 21.7. The van der Waals surface area contributed by atoms with E-state index in [0.29, 0.717) is 17.6 Å². The van der Waals surface area contributed by atoms with Gasteiger partial charge in [0.05, 0.1) is 2.74 Å². The maximum Gasteiger partial charge on any atom is 0.212 e. The largest absolute Gasteiger partial charge is 0.212 e. The maximum absolute atomic E-state index is 9.00. The molecule has 4 aliphatic rings. The van der Waals surface area contributed by atoms with Gasteiger partial charge in [0.1, 0.15) is 28.2 Å². The average Bonchev–Trinajstić information content (AvgIpc) is 1.52. The summed E-state index contributed by atoms with van der Waals surface area (Å²) in [4.78, 5) is 0. The topological polar surface area (TPSA) is 15.5 Å². The molecule has 0 fully saturated rings. The van der Waals surface area contributed by atoms with Crippen LogP contribution in [-0.4, -0.2) is 0 Å². The molecule has 12 aromatic rings. The summed E-state index contributed by atoms with van der Waals surface area (Å²) >= 11 is 0. The molecule has 0 saturated carbocycles. The van der Waals surface area contributed by atoms with Crippen molar-refractivity contribution in [3.63, 3.8) is 0 Å². The Balaban J connectivity index is 0.000000120. The minimum Gasteiger partial charge on any atom is -0.201 e. The van der Waals surface area contributed by atoms with E-state index >= 15 is 0 Å². The smallest absolute Gasteiger partial charge is 0.201 e. The molecule has 0 atom stereocenters. The van der Waals surface area contributed by atoms with Gasteiger partial charge >= 0.3 is 0 Å². The second kappa shape index (κ2) is 24.8. The molecule has 0 N–H and O–H groups in total. The molecule has 96 heavy (non-hydrogen) atoms. The van der Waals surface area contributed by atoms with Crippen LogP contribution in [0.1, 0.15) is 153 Å². The zero-order chi connectivity index (χ0) is 71.4. The molecule has 4 heterocycles. The average molecular weight is 1260 g/mol. The zero-order valence-electron chi connectivity index (χ0n) is 63.8. The number of fused-ring (bicyclic) bond motifs is 12. The number of rotatable bonds is 6. The van der Waals surface area contributed by atoms with Crippen LogP contribution in [0.15, 0.2) is 231 Å². The fraction of sp³-hybridized carbons (Fsp3) is 0.261. The Morgan fingerprint density at radius 3 is 1.10 bits per heavy atom. The van der Waals surface area contributed by atoms with Gasteiger partial charge in [-0.25, -0.2) is 18.3 Å². The molecule has 4 nitrogen and oxygen atoms in total. The van der Waals surface area contributed by atoms with Gasteiger partial charge in [-0.05, 0) is 200 Å². The number of hydrogen-bond acceptors (Lipinski definition) is 0. The first-order chi connectivity index (χ1) is 47.4. The van der Waals surface area contributed by atoms with Gasteiger partial charge in [-0.2, -0.15) is 0 Å². The van der Waals surface area contributed by atoms with Gasteiger partial charge in [0.15, 0.2) is 24.8 Å². The molecule has 0 saturated heterocycles. The number of hydrogen-bond donors (Lipinski definition) is 0. The van der Waals surface area contributed by atoms with Gasteiger partial charge in [-0.3, -0.25) is 0 Å². The summed E-state index contributed by atoms with van der Waals surface area (Å²) in [7, 11) is 8.23. The first-order valence-electron chi connectivity index (χ1n) is 36.3. The molecule has 480 valence electrons. The zero-order valence-corrected chi connectivity index (χ0v) is 59.8. The van der Waals surface area contributed by atoms with Crippen molar-refractivity contribution in [2.24, 2.45) is 28.2 Å². The van der Waals surface area contributed by atoms with Crippen LogP contribution in [0.2, 0.25) is 0 Å². The first-order valence-corrected chi connectivity index (χ1v) is 34.3. The molecule has 0 bridgehead atoms. The van der Waals surface area contributed by atoms with E-state index in [4.69, 9.17) is 5.48 Å². The lowest BCUT2D eigenvalue weighted by Gasteiger charge is -2.22. The number of benzene rings is 8. The highest BCUT2D eigenvalue weighted by Crippen LogP contribution is 2.54. The van der Waals surface area contributed by atoms with Crippen LogP contribution in [0.4, 0.5) is 0 Å². The Kier molecular flexibility index (Phi) is 15.5. The first kappa shape index (κ1) is 60.1. The fourth-order valence-electron chi connectivity index (χ4n) is 16.0. The minimum absolute atomic E-state index is 0.0134. The van der Waals surface area contributed by atoms with E-state index < -0.39 is 6.37 Å². The Morgan fingerprint density at radius 2 is 0.656 bits per heavy atom. The van der Waals surface area contributed by atoms with Gasteiger partial charge in [-0.15, -0.1) is 0 Å². The predicted molar refractivity (Wildman–Crippen MR) is 400 cm³/mol. The van der Waals surface area contributed by atoms with Crippen LogP contribution in [0, 0.1) is 27.7 Å². The normalized spacial score (nSPS) is 15.1. The lowest BCUT2D eigenvalue weighted by Crippen LogP contribution is -2.31. The molecule has 0 amide bonds. The highest BCUT2D eigenvalue weighted by molar-refractivity contribution is 5.89. The molecule has 0 unspecified atom stereocenters. The molecule has 4 aromatic heterocycles. The minimum atomic E-state index is -1.34. The molecule has 0 radical (unpaired) electrons. The number of aromatic nitrogens is 4. The van der Waals surface area contributed by atoms with E-state index in [2.05, 4.69) is 294 Å². The number of aryl methyl sites for hydroxylation is 9. The van der Waals surface area contributed by atoms with E-state index in [9.17, 15) is 0 Å². The third-order valence-electron chi connectivity index (χ3n) is 21.7. The Bertz CT molecular complexity index is 5290. The van der Waals surface area contributed by atoms with Crippen LogP contribution in [0.25, 0.3) is 89.5 Å². The highest BCUT2D eigenvalue weighted by atomic mass is 14.9. The Morgan fingerprint density at radius 1 is 0.292 bits per heavy atom. The van der Waals surface area contributed by atoms with Crippen molar-refractivity contribution >= 4 is 0 Å². The summed E-state index contributed by atoms with van der Waals surface area (Å²) in [6.07, 6.45) is 7.90. The molecule has 0 spiro atoms. The molecular weight excluding hydrogens is 1160 g/mol. The van der Waals surface area contributed by atoms with E-state index in [1.807, 2.05) is 61.4 Å². The van der Waals surface area contributed by atoms with E-state index in [1.165, 1.54) is 117 Å². The van der Waals surface area contributed by atoms with Crippen LogP contribution >= 0.6 is 0 Å². The van der Waals surface area contributed by atoms with Crippen molar-refractivity contribution in [2.75, 3.05) is 0 Å². The standard InChI is InChI=1S/2C24H26N.2C22H22N/c1-6-17-11-12-23(25(5)15-17)19-14-20-18-9-7-8-10-21(18)24(3,4)22(20)13-16(19)2;1-6-17-11-12-25(5)23(14-17)19-15-20-18-9-7-8-10-21(18)24(3,4)22(20)13-16(19)2;2*1-15-13-20-18(14-17(15)21-11-7-8-12-23(21)4)16-9-5-6-10-19(16)22(20,2)3/h2*7-15H,6H2,1-5H3;2*5-14H,1-4H3/q4*+1/i6D2;;14D;13D. The number of pyridine rings is 4. The number of nitrogens with zero attached hydrogens (tertiary/aromatic N) is 4. The quantitative estimate of drug-likeness (QED) is 0.148. The highest BCUT2D eigenvalue weighted by Gasteiger charge is 2.40. The molecule has 0 aliphatic heterocycles. The SMILES string of the molecule is CCc1cc[n+](C)c(-c2cc3c(cc2C)C(C)(C)c2ccccc2-3)c1.[2H]C([2H])(C)c1ccc(-c2cc3c(cc2C)C(C)(C)c2ccccc2-3)[n+](C)c1.[2H]c1c(-c2cccc[n+]2C)c(C)cc2c1-c1ccccc1C2(C)C.[2H]c1c(C)c(-c2cccc[n+]2C)cc2c1C(C)(C)c1ccccc1-2. The van der Waals surface area contributed by atoms with Crippen molar-refractivity contribution in [3.8, 4) is 89.5 Å². The summed E-state index contributed by atoms with van der Waals surface area (Å²) in [5, 5.41) is 0. The van der Waals surface area contributed by atoms with Crippen molar-refractivity contribution in [2.45, 2.75) is 131 Å². The molecule has 4 aliphatic carbocycles. The summed E-state index contributed by atoms with van der Waals surface area (Å²) in [5.74, 6) is 0. The Labute approximate surface area is 578 Å². The van der Waals surface area contributed by atoms with Gasteiger partial charge < -0.3 is 0 Å². The Hall–Kier alpha value is -9.64.